The topological polar surface area (TPSA) is 131 Å². The van der Waals surface area contributed by atoms with Crippen molar-refractivity contribution in [3.63, 3.8) is 0 Å². The van der Waals surface area contributed by atoms with Gasteiger partial charge in [-0.15, -0.1) is 11.3 Å². The number of carbonyl (C=O) groups is 1. The van der Waals surface area contributed by atoms with Crippen LogP contribution in [0.15, 0.2) is 18.2 Å². The first kappa shape index (κ1) is 32.3. The van der Waals surface area contributed by atoms with Gasteiger partial charge in [0.2, 0.25) is 11.8 Å². The predicted octanol–water partition coefficient (Wildman–Crippen LogP) is 5.77. The van der Waals surface area contributed by atoms with Crippen molar-refractivity contribution in [1.82, 2.24) is 9.88 Å². The van der Waals surface area contributed by atoms with Crippen molar-refractivity contribution in [3.05, 3.63) is 40.0 Å². The second-order valence-corrected chi connectivity index (χ2v) is 10.8. The number of benzene rings is 1. The zero-order valence-corrected chi connectivity index (χ0v) is 22.4. The summed E-state index contributed by atoms with van der Waals surface area (Å²) in [6.07, 6.45) is -15.1. The first-order chi connectivity index (χ1) is 18.6. The van der Waals surface area contributed by atoms with Gasteiger partial charge in [-0.05, 0) is 39.7 Å². The van der Waals surface area contributed by atoms with E-state index in [2.05, 4.69) is 4.98 Å². The number of thiazole rings is 1. The summed E-state index contributed by atoms with van der Waals surface area (Å²) >= 11 is 0.391. The summed E-state index contributed by atoms with van der Waals surface area (Å²) < 4.78 is 114. The van der Waals surface area contributed by atoms with Gasteiger partial charge in [-0.3, -0.25) is 15.6 Å². The van der Waals surface area contributed by atoms with Gasteiger partial charge in [-0.1, -0.05) is 12.1 Å². The quantitative estimate of drug-likeness (QED) is 0.186. The smallest absolute Gasteiger partial charge is 0.420 e. The molecule has 2 aromatic rings. The highest BCUT2D eigenvalue weighted by atomic mass is 32.1. The molecule has 0 bridgehead atoms. The number of nitrogens with one attached hydrogen (secondary N) is 2. The lowest BCUT2D eigenvalue weighted by Crippen LogP contribution is -2.54. The van der Waals surface area contributed by atoms with Crippen LogP contribution in [0.25, 0.3) is 10.4 Å². The van der Waals surface area contributed by atoms with Gasteiger partial charge in [-0.2, -0.15) is 26.3 Å². The van der Waals surface area contributed by atoms with E-state index in [1.807, 2.05) is 0 Å². The van der Waals surface area contributed by atoms with Gasteiger partial charge in [0.15, 0.2) is 5.01 Å². The number of ether oxygens (including phenoxy) is 1. The highest BCUT2D eigenvalue weighted by Crippen LogP contribution is 2.51. The van der Waals surface area contributed by atoms with E-state index in [4.69, 9.17) is 15.6 Å². The Bertz CT molecular complexity index is 1340. The van der Waals surface area contributed by atoms with Crippen LogP contribution >= 0.6 is 11.3 Å². The average molecular weight is 617 g/mol. The second-order valence-electron chi connectivity index (χ2n) is 9.81. The highest BCUT2D eigenvalue weighted by molar-refractivity contribution is 7.17. The van der Waals surface area contributed by atoms with Crippen LogP contribution in [0.5, 0.6) is 0 Å². The largest absolute Gasteiger partial charge is 0.430 e. The molecule has 0 saturated carbocycles. The van der Waals surface area contributed by atoms with Crippen molar-refractivity contribution in [1.29, 1.82) is 10.8 Å². The molecule has 1 amide bonds. The number of carbonyl (C=O) groups excluding carboxylic acids is 1. The third-order valence-corrected chi connectivity index (χ3v) is 7.45. The predicted molar refractivity (Wildman–Crippen MR) is 130 cm³/mol. The van der Waals surface area contributed by atoms with Crippen molar-refractivity contribution < 1.29 is 54.9 Å². The Morgan fingerprint density at radius 1 is 1.12 bits per heavy atom. The number of alkyl halides is 8. The average Bonchev–Trinajstić information content (AvgIpc) is 3.47. The number of aliphatic hydroxyl groups is 2. The van der Waals surface area contributed by atoms with Crippen molar-refractivity contribution in [2.24, 2.45) is 0 Å². The van der Waals surface area contributed by atoms with Crippen molar-refractivity contribution in [2.75, 3.05) is 6.54 Å². The van der Waals surface area contributed by atoms with E-state index in [1.165, 1.54) is 18.7 Å². The summed E-state index contributed by atoms with van der Waals surface area (Å²) in [6.45, 7) is 4.27. The highest BCUT2D eigenvalue weighted by Gasteiger charge is 2.71. The Balaban J connectivity index is 2.24. The van der Waals surface area contributed by atoms with E-state index in [9.17, 15) is 50.1 Å². The molecule has 1 aliphatic heterocycles. The lowest BCUT2D eigenvalue weighted by molar-refractivity contribution is -0.376. The van der Waals surface area contributed by atoms with Crippen LogP contribution in [0.2, 0.25) is 0 Å². The lowest BCUT2D eigenvalue weighted by atomic mass is 9.89. The molecule has 4 N–H and O–H groups in total. The number of aromatic nitrogens is 1. The molecule has 41 heavy (non-hydrogen) atoms. The van der Waals surface area contributed by atoms with Crippen LogP contribution in [0.4, 0.5) is 35.1 Å². The van der Waals surface area contributed by atoms with E-state index >= 15 is 0 Å². The Kier molecular flexibility index (Phi) is 8.60. The van der Waals surface area contributed by atoms with Crippen LogP contribution in [0.1, 0.15) is 66.7 Å². The maximum Gasteiger partial charge on any atom is 0.430 e. The first-order valence-corrected chi connectivity index (χ1v) is 12.6. The fourth-order valence-corrected chi connectivity index (χ4v) is 5.04. The van der Waals surface area contributed by atoms with E-state index in [0.717, 1.165) is 0 Å². The maximum atomic E-state index is 14.2. The minimum Gasteiger partial charge on any atom is -0.420 e. The lowest BCUT2D eigenvalue weighted by Gasteiger charge is -2.33. The Hall–Kier alpha value is -3.18. The number of nitrogens with zero attached hydrogens (tertiary/aromatic N) is 2. The molecular formula is C24H24F8N4O4S. The van der Waals surface area contributed by atoms with E-state index in [-0.39, 0.29) is 24.7 Å². The minimum atomic E-state index is -6.33. The van der Waals surface area contributed by atoms with Crippen LogP contribution in [-0.4, -0.2) is 68.3 Å². The molecule has 17 heteroatoms. The summed E-state index contributed by atoms with van der Waals surface area (Å²) in [6, 6.07) is 0.188. The maximum absolute atomic E-state index is 14.2. The molecule has 0 unspecified atom stereocenters. The minimum absolute atomic E-state index is 0.140. The zero-order valence-electron chi connectivity index (χ0n) is 21.5. The van der Waals surface area contributed by atoms with Gasteiger partial charge < -0.3 is 19.8 Å². The number of hydrogen-bond acceptors (Lipinski definition) is 8. The van der Waals surface area contributed by atoms with Crippen LogP contribution in [-0.2, 0) is 10.3 Å². The van der Waals surface area contributed by atoms with Gasteiger partial charge in [0.25, 0.3) is 17.9 Å². The van der Waals surface area contributed by atoms with Crippen LogP contribution in [0.3, 0.4) is 0 Å². The molecule has 1 fully saturated rings. The second kappa shape index (κ2) is 10.9. The van der Waals surface area contributed by atoms with Gasteiger partial charge in [0, 0.05) is 29.3 Å². The summed E-state index contributed by atoms with van der Waals surface area (Å²) in [5, 5.41) is 35.0. The molecule has 1 aromatic heterocycles. The van der Waals surface area contributed by atoms with Gasteiger partial charge >= 0.3 is 12.4 Å². The summed E-state index contributed by atoms with van der Waals surface area (Å²) in [5.74, 6) is -2.49. The summed E-state index contributed by atoms with van der Waals surface area (Å²) in [7, 11) is 0. The molecule has 1 aromatic carbocycles. The number of likely N-dealkylation sites (tertiary alicyclic amines) is 1. The molecule has 1 saturated heterocycles. The fraction of sp³-hybridized carbons (Fsp3) is 0.500. The number of rotatable bonds is 6. The van der Waals surface area contributed by atoms with Crippen molar-refractivity contribution in [3.8, 4) is 10.4 Å². The Morgan fingerprint density at radius 2 is 1.71 bits per heavy atom. The van der Waals surface area contributed by atoms with Crippen LogP contribution in [0, 0.1) is 10.8 Å². The summed E-state index contributed by atoms with van der Waals surface area (Å²) in [5.41, 5.74) is -11.8. The molecule has 0 aliphatic carbocycles. The molecule has 226 valence electrons. The standard InChI is InChI=1S/C24H24F8N4O4S/c1-10-5-4-8-36(10)19(37)14-15(41-18(35-14)17(33)40-20(34)21(2,3)38)12-7-6-11(9-13(12)16(25)26)22(39,23(27,28)29)24(30,31)32/h6-7,9-10,16,33-34,38-39H,4-5,8H2,1-3H3/t10-/m0/s1. The number of hydrogen-bond donors (Lipinski definition) is 4. The molecule has 0 radical (unpaired) electrons. The van der Waals surface area contributed by atoms with E-state index in [0.29, 0.717) is 30.2 Å². The van der Waals surface area contributed by atoms with Gasteiger partial charge in [0.1, 0.15) is 11.3 Å². The number of halogens is 8. The fourth-order valence-electron chi connectivity index (χ4n) is 4.05. The SMILES string of the molecule is C[C@H]1CCCN1C(=O)c1nc(C(=N)OC(=N)C(C)(C)O)sc1-c1ccc(C(O)(C(F)(F)F)C(F)(F)F)cc1C(F)F. The molecule has 0 spiro atoms. The Labute approximate surface area is 231 Å². The molecule has 2 heterocycles. The van der Waals surface area contributed by atoms with Crippen molar-refractivity contribution >= 4 is 29.0 Å². The van der Waals surface area contributed by atoms with Gasteiger partial charge in [-0.25, -0.2) is 13.8 Å². The summed E-state index contributed by atoms with van der Waals surface area (Å²) in [4.78, 5) is 18.3. The van der Waals surface area contributed by atoms with Gasteiger partial charge in [0.05, 0.1) is 4.88 Å². The zero-order chi connectivity index (χ0) is 31.3. The van der Waals surface area contributed by atoms with E-state index in [1.54, 1.807) is 6.92 Å². The third kappa shape index (κ3) is 6.06. The third-order valence-electron chi connectivity index (χ3n) is 6.37. The van der Waals surface area contributed by atoms with Crippen molar-refractivity contribution in [2.45, 2.75) is 69.6 Å². The Morgan fingerprint density at radius 3 is 2.17 bits per heavy atom. The normalized spacial score (nSPS) is 16.8. The van der Waals surface area contributed by atoms with E-state index < -0.39 is 80.0 Å². The number of amides is 1. The monoisotopic (exact) mass is 616 g/mol. The first-order valence-electron chi connectivity index (χ1n) is 11.8. The molecular weight excluding hydrogens is 592 g/mol. The van der Waals surface area contributed by atoms with Crippen LogP contribution < -0.4 is 0 Å². The molecule has 1 atom stereocenters. The molecule has 8 nitrogen and oxygen atoms in total. The molecule has 1 aliphatic rings. The molecule has 3 rings (SSSR count).